The molecule has 0 rings (SSSR count). The molecule has 0 aromatic rings. The van der Waals surface area contributed by atoms with E-state index in [4.69, 9.17) is 0 Å². The summed E-state index contributed by atoms with van der Waals surface area (Å²) in [5, 5.41) is 0. The van der Waals surface area contributed by atoms with Gasteiger partial charge in [0.2, 0.25) is 0 Å². The molecule has 0 heterocycles. The van der Waals surface area contributed by atoms with Crippen molar-refractivity contribution < 1.29 is 4.74 Å². The van der Waals surface area contributed by atoms with E-state index in [0.29, 0.717) is 5.41 Å². The first kappa shape index (κ1) is 32.4. The molecule has 0 amide bonds. The molecule has 0 N–H and O–H groups in total. The van der Waals surface area contributed by atoms with Gasteiger partial charge in [-0.05, 0) is 39.1 Å². The lowest BCUT2D eigenvalue weighted by molar-refractivity contribution is 0.277. The molecule has 0 aliphatic carbocycles. The molecule has 0 aromatic heterocycles. The Hall–Kier alpha value is 0.487. The van der Waals surface area contributed by atoms with Crippen molar-refractivity contribution in [2.75, 3.05) is 47.9 Å². The molecule has 20 heavy (non-hydrogen) atoms. The summed E-state index contributed by atoms with van der Waals surface area (Å²) in [4.78, 5) is 2.00. The topological polar surface area (TPSA) is 12.5 Å². The summed E-state index contributed by atoms with van der Waals surface area (Å²) < 4.78 is 4.25. The van der Waals surface area contributed by atoms with E-state index in [-0.39, 0.29) is 0 Å². The highest BCUT2D eigenvalue weighted by molar-refractivity contribution is 7.97. The third kappa shape index (κ3) is 23800. The predicted molar refractivity (Wildman–Crippen MR) is 106 cm³/mol. The second-order valence-corrected chi connectivity index (χ2v) is 15.0. The van der Waals surface area contributed by atoms with Crippen LogP contribution in [0.15, 0.2) is 0 Å². The first-order chi connectivity index (χ1) is 8.56. The SMILES string of the molecule is CC(C)(C)C.CN(C)C.COC.CSC.C[Si](C)(C)C. The van der Waals surface area contributed by atoms with Crippen molar-refractivity contribution in [1.82, 2.24) is 4.90 Å². The van der Waals surface area contributed by atoms with Crippen LogP contribution >= 0.6 is 11.8 Å². The van der Waals surface area contributed by atoms with Gasteiger partial charge in [0.15, 0.2) is 0 Å². The van der Waals surface area contributed by atoms with Crippen molar-refractivity contribution in [3.8, 4) is 0 Å². The summed E-state index contributed by atoms with van der Waals surface area (Å²) in [5.74, 6) is 0. The molecule has 130 valence electrons. The Morgan fingerprint density at radius 2 is 0.800 bits per heavy atom. The highest BCUT2D eigenvalue weighted by Crippen LogP contribution is 2.08. The Bertz CT molecular complexity index is 112. The number of thioether (sulfide) groups is 1. The van der Waals surface area contributed by atoms with Crippen LogP contribution in [-0.4, -0.2) is 60.8 Å². The molecule has 0 aliphatic rings. The van der Waals surface area contributed by atoms with Crippen LogP contribution in [0.2, 0.25) is 26.2 Å². The molecule has 2 nitrogen and oxygen atoms in total. The van der Waals surface area contributed by atoms with Crippen LogP contribution in [-0.2, 0) is 4.74 Å². The molecule has 0 aliphatic heterocycles. The number of ether oxygens (including phenoxy) is 1. The molecule has 0 unspecified atom stereocenters. The molecule has 0 radical (unpaired) electrons. The van der Waals surface area contributed by atoms with E-state index >= 15 is 0 Å². The zero-order chi connectivity index (χ0) is 18.0. The zero-order valence-electron chi connectivity index (χ0n) is 17.3. The van der Waals surface area contributed by atoms with Gasteiger partial charge in [-0.3, -0.25) is 0 Å². The molecule has 0 saturated heterocycles. The van der Waals surface area contributed by atoms with Crippen molar-refractivity contribution in [2.24, 2.45) is 5.41 Å². The first-order valence-electron chi connectivity index (χ1n) is 6.97. The second-order valence-electron chi connectivity index (χ2n) is 8.16. The van der Waals surface area contributed by atoms with E-state index in [1.165, 1.54) is 0 Å². The van der Waals surface area contributed by atoms with Gasteiger partial charge in [0.25, 0.3) is 0 Å². The fraction of sp³-hybridized carbons (Fsp3) is 1.00. The highest BCUT2D eigenvalue weighted by Gasteiger charge is 1.99. The van der Waals surface area contributed by atoms with Gasteiger partial charge in [0.05, 0.1) is 0 Å². The van der Waals surface area contributed by atoms with Crippen LogP contribution in [0.1, 0.15) is 27.7 Å². The smallest absolute Gasteiger partial charge is 0.0411 e. The molecular formula is C16H45NOSSi. The molecule has 0 atom stereocenters. The Morgan fingerprint density at radius 3 is 0.800 bits per heavy atom. The molecular weight excluding hydrogens is 282 g/mol. The Labute approximate surface area is 137 Å². The lowest BCUT2D eigenvalue weighted by Gasteiger charge is -2.05. The highest BCUT2D eigenvalue weighted by atomic mass is 32.2. The third-order valence-electron chi connectivity index (χ3n) is 0. The summed E-state index contributed by atoms with van der Waals surface area (Å²) >= 11 is 1.75. The fourth-order valence-electron chi connectivity index (χ4n) is 0. The van der Waals surface area contributed by atoms with Crippen LogP contribution in [0, 0.1) is 5.41 Å². The minimum Gasteiger partial charge on any atom is -0.388 e. The van der Waals surface area contributed by atoms with Crippen LogP contribution in [0.5, 0.6) is 0 Å². The van der Waals surface area contributed by atoms with E-state index < -0.39 is 8.07 Å². The van der Waals surface area contributed by atoms with Gasteiger partial charge in [-0.1, -0.05) is 53.9 Å². The Morgan fingerprint density at radius 1 is 0.800 bits per heavy atom. The van der Waals surface area contributed by atoms with Crippen LogP contribution in [0.25, 0.3) is 0 Å². The van der Waals surface area contributed by atoms with E-state index in [1.807, 2.05) is 38.6 Å². The number of hydrogen-bond acceptors (Lipinski definition) is 3. The number of hydrogen-bond donors (Lipinski definition) is 0. The van der Waals surface area contributed by atoms with Gasteiger partial charge in [0.1, 0.15) is 0 Å². The van der Waals surface area contributed by atoms with E-state index in [9.17, 15) is 0 Å². The van der Waals surface area contributed by atoms with E-state index in [2.05, 4.69) is 58.6 Å². The van der Waals surface area contributed by atoms with Gasteiger partial charge in [0, 0.05) is 22.3 Å². The number of methoxy groups -OCH3 is 1. The average Bonchev–Trinajstić information content (AvgIpc) is 1.96. The van der Waals surface area contributed by atoms with E-state index in [1.54, 1.807) is 26.0 Å². The van der Waals surface area contributed by atoms with Crippen molar-refractivity contribution in [3.63, 3.8) is 0 Å². The zero-order valence-corrected chi connectivity index (χ0v) is 19.1. The standard InChI is InChI=1S/C5H12.C4H12Si.C3H9N.C2H6O.C2H6S/c2*1-5(2,3)4;1-4(2)3;2*1-3-2/h2*1-4H3;1-3H3;2*1-2H3. The van der Waals surface area contributed by atoms with Gasteiger partial charge < -0.3 is 9.64 Å². The molecule has 0 spiro atoms. The van der Waals surface area contributed by atoms with Crippen LogP contribution < -0.4 is 0 Å². The minimum atomic E-state index is -0.611. The maximum Gasteiger partial charge on any atom is 0.0411 e. The van der Waals surface area contributed by atoms with Crippen molar-refractivity contribution in [3.05, 3.63) is 0 Å². The normalized spacial score (nSPS) is 9.60. The summed E-state index contributed by atoms with van der Waals surface area (Å²) in [6.45, 7) is 18.1. The minimum absolute atomic E-state index is 0.500. The molecule has 0 saturated carbocycles. The number of nitrogens with zero attached hydrogens (tertiary/aromatic N) is 1. The van der Waals surface area contributed by atoms with Crippen molar-refractivity contribution in [1.29, 1.82) is 0 Å². The van der Waals surface area contributed by atoms with E-state index in [0.717, 1.165) is 0 Å². The molecule has 0 bridgehead atoms. The maximum atomic E-state index is 4.25. The summed E-state index contributed by atoms with van der Waals surface area (Å²) in [6.07, 6.45) is 4.08. The second kappa shape index (κ2) is 21.8. The van der Waals surface area contributed by atoms with Crippen molar-refractivity contribution >= 4 is 19.8 Å². The predicted octanol–water partition coefficient (Wildman–Crippen LogP) is 5.43. The molecule has 4 heteroatoms. The van der Waals surface area contributed by atoms with Crippen LogP contribution in [0.4, 0.5) is 0 Å². The van der Waals surface area contributed by atoms with Gasteiger partial charge in [-0.15, -0.1) is 0 Å². The Balaban J connectivity index is -0.0000000478. The van der Waals surface area contributed by atoms with Gasteiger partial charge in [-0.2, -0.15) is 11.8 Å². The lowest BCUT2D eigenvalue weighted by Crippen LogP contribution is -2.10. The molecule has 0 fully saturated rings. The fourth-order valence-corrected chi connectivity index (χ4v) is 0. The Kier molecular flexibility index (Phi) is 35.3. The first-order valence-corrected chi connectivity index (χ1v) is 12.6. The summed E-state index contributed by atoms with van der Waals surface area (Å²) in [6, 6.07) is 0. The monoisotopic (exact) mass is 327 g/mol. The lowest BCUT2D eigenvalue weighted by atomic mass is 10.0. The maximum absolute atomic E-state index is 4.25. The van der Waals surface area contributed by atoms with Crippen LogP contribution in [0.3, 0.4) is 0 Å². The molecule has 0 aromatic carbocycles. The third-order valence-corrected chi connectivity index (χ3v) is 0. The summed E-state index contributed by atoms with van der Waals surface area (Å²) in [7, 11) is 8.64. The quantitative estimate of drug-likeness (QED) is 0.551. The summed E-state index contributed by atoms with van der Waals surface area (Å²) in [5.41, 5.74) is 0.500. The average molecular weight is 328 g/mol. The van der Waals surface area contributed by atoms with Gasteiger partial charge >= 0.3 is 0 Å². The number of rotatable bonds is 0. The largest absolute Gasteiger partial charge is 0.388 e. The van der Waals surface area contributed by atoms with Gasteiger partial charge in [-0.25, -0.2) is 0 Å². The van der Waals surface area contributed by atoms with Crippen molar-refractivity contribution in [2.45, 2.75) is 53.9 Å².